The number of amides is 2. The van der Waals surface area contributed by atoms with Crippen LogP contribution in [0, 0.1) is 5.82 Å². The molecule has 120 valence electrons. The molecule has 0 radical (unpaired) electrons. The number of carbonyl (C=O) groups excluding carboxylic acids is 2. The fraction of sp³-hybridized carbons (Fsp3) is 0.176. The number of aliphatic hydroxyl groups excluding tert-OH is 1. The number of ketones is 1. The summed E-state index contributed by atoms with van der Waals surface area (Å²) in [4.78, 5) is 23.1. The van der Waals surface area contributed by atoms with E-state index in [4.69, 9.17) is 5.11 Å². The third kappa shape index (κ3) is 4.62. The lowest BCUT2D eigenvalue weighted by atomic mass is 10.1. The zero-order valence-corrected chi connectivity index (χ0v) is 12.6. The van der Waals surface area contributed by atoms with Crippen LogP contribution in [0.1, 0.15) is 28.4 Å². The number of hydrogen-bond acceptors (Lipinski definition) is 3. The molecule has 0 spiro atoms. The summed E-state index contributed by atoms with van der Waals surface area (Å²) < 4.78 is 13.5. The average Bonchev–Trinajstić information content (AvgIpc) is 2.53. The quantitative estimate of drug-likeness (QED) is 0.742. The number of halogens is 1. The van der Waals surface area contributed by atoms with E-state index in [0.717, 1.165) is 0 Å². The summed E-state index contributed by atoms with van der Waals surface area (Å²) in [5.41, 5.74) is 1.79. The van der Waals surface area contributed by atoms with Crippen LogP contribution in [0.4, 0.5) is 14.9 Å². The maximum absolute atomic E-state index is 13.5. The van der Waals surface area contributed by atoms with Crippen molar-refractivity contribution in [1.29, 1.82) is 0 Å². The van der Waals surface area contributed by atoms with Crippen LogP contribution in [-0.2, 0) is 13.2 Å². The van der Waals surface area contributed by atoms with Crippen molar-refractivity contribution in [3.8, 4) is 0 Å². The van der Waals surface area contributed by atoms with Crippen molar-refractivity contribution in [3.05, 3.63) is 65.0 Å². The van der Waals surface area contributed by atoms with Crippen LogP contribution in [0.3, 0.4) is 0 Å². The maximum atomic E-state index is 13.5. The molecule has 0 heterocycles. The second-order valence-corrected chi connectivity index (χ2v) is 5.03. The monoisotopic (exact) mass is 316 g/mol. The molecular weight excluding hydrogens is 299 g/mol. The average molecular weight is 316 g/mol. The van der Waals surface area contributed by atoms with Gasteiger partial charge in [-0.3, -0.25) is 4.79 Å². The summed E-state index contributed by atoms with van der Waals surface area (Å²) in [5.74, 6) is -0.602. The number of carbonyl (C=O) groups is 2. The van der Waals surface area contributed by atoms with E-state index < -0.39 is 11.8 Å². The lowest BCUT2D eigenvalue weighted by molar-refractivity contribution is 0.101. The van der Waals surface area contributed by atoms with Gasteiger partial charge in [-0.05, 0) is 30.7 Å². The Labute approximate surface area is 133 Å². The molecule has 0 atom stereocenters. The molecule has 2 rings (SSSR count). The summed E-state index contributed by atoms with van der Waals surface area (Å²) in [6.07, 6.45) is 0. The summed E-state index contributed by atoms with van der Waals surface area (Å²) in [6.45, 7) is 1.22. The fourth-order valence-corrected chi connectivity index (χ4v) is 2.00. The molecule has 23 heavy (non-hydrogen) atoms. The summed E-state index contributed by atoms with van der Waals surface area (Å²) >= 11 is 0. The van der Waals surface area contributed by atoms with Crippen molar-refractivity contribution in [2.45, 2.75) is 20.1 Å². The highest BCUT2D eigenvalue weighted by Crippen LogP contribution is 2.12. The highest BCUT2D eigenvalue weighted by atomic mass is 19.1. The van der Waals surface area contributed by atoms with Gasteiger partial charge in [0.15, 0.2) is 5.78 Å². The summed E-state index contributed by atoms with van der Waals surface area (Å²) in [7, 11) is 0. The van der Waals surface area contributed by atoms with Gasteiger partial charge in [0.05, 0.1) is 6.61 Å². The van der Waals surface area contributed by atoms with E-state index in [1.165, 1.54) is 19.1 Å². The Kier molecular flexibility index (Phi) is 5.43. The molecule has 0 aliphatic heterocycles. The van der Waals surface area contributed by atoms with Gasteiger partial charge in [-0.15, -0.1) is 0 Å². The Morgan fingerprint density at radius 3 is 2.61 bits per heavy atom. The standard InChI is InChI=1S/C17H17FN2O3/c1-11(22)13-3-2-4-15(8-13)20-17(23)19-9-12-5-6-14(10-21)16(18)7-12/h2-8,21H,9-10H2,1H3,(H2,19,20,23). The minimum atomic E-state index is -0.513. The van der Waals surface area contributed by atoms with E-state index in [1.54, 1.807) is 30.3 Å². The van der Waals surface area contributed by atoms with E-state index in [9.17, 15) is 14.0 Å². The molecule has 5 nitrogen and oxygen atoms in total. The molecule has 0 unspecified atom stereocenters. The van der Waals surface area contributed by atoms with Gasteiger partial charge in [0.25, 0.3) is 0 Å². The molecule has 0 aliphatic rings. The number of nitrogens with one attached hydrogen (secondary N) is 2. The van der Waals surface area contributed by atoms with Crippen LogP contribution < -0.4 is 10.6 Å². The third-order valence-corrected chi connectivity index (χ3v) is 3.27. The van der Waals surface area contributed by atoms with Crippen molar-refractivity contribution in [3.63, 3.8) is 0 Å². The molecule has 2 amide bonds. The Morgan fingerprint density at radius 1 is 1.17 bits per heavy atom. The van der Waals surface area contributed by atoms with Gasteiger partial charge in [0.2, 0.25) is 0 Å². The molecule has 0 bridgehead atoms. The maximum Gasteiger partial charge on any atom is 0.319 e. The molecule has 0 saturated carbocycles. The van der Waals surface area contributed by atoms with Crippen molar-refractivity contribution in [1.82, 2.24) is 5.32 Å². The zero-order valence-electron chi connectivity index (χ0n) is 12.6. The number of urea groups is 1. The number of aliphatic hydroxyl groups is 1. The Hall–Kier alpha value is -2.73. The number of Topliss-reactive ketones (excluding diaryl/α,β-unsaturated/α-hetero) is 1. The largest absolute Gasteiger partial charge is 0.392 e. The van der Waals surface area contributed by atoms with Gasteiger partial charge in [-0.2, -0.15) is 0 Å². The van der Waals surface area contributed by atoms with E-state index in [0.29, 0.717) is 16.8 Å². The van der Waals surface area contributed by atoms with Gasteiger partial charge in [0, 0.05) is 23.4 Å². The first-order valence-corrected chi connectivity index (χ1v) is 7.03. The second kappa shape index (κ2) is 7.51. The SMILES string of the molecule is CC(=O)c1cccc(NC(=O)NCc2ccc(CO)c(F)c2)c1. The van der Waals surface area contributed by atoms with Crippen LogP contribution in [0.5, 0.6) is 0 Å². The number of benzene rings is 2. The van der Waals surface area contributed by atoms with Gasteiger partial charge in [0.1, 0.15) is 5.82 Å². The summed E-state index contributed by atoms with van der Waals surface area (Å²) in [5, 5.41) is 14.1. The highest BCUT2D eigenvalue weighted by molar-refractivity contribution is 5.96. The third-order valence-electron chi connectivity index (χ3n) is 3.27. The zero-order chi connectivity index (χ0) is 16.8. The number of hydrogen-bond donors (Lipinski definition) is 3. The van der Waals surface area contributed by atoms with Crippen molar-refractivity contribution in [2.75, 3.05) is 5.32 Å². The molecule has 0 saturated heterocycles. The normalized spacial score (nSPS) is 10.2. The second-order valence-electron chi connectivity index (χ2n) is 5.03. The molecule has 2 aromatic rings. The van der Waals surface area contributed by atoms with Gasteiger partial charge in [-0.25, -0.2) is 9.18 Å². The topological polar surface area (TPSA) is 78.4 Å². The highest BCUT2D eigenvalue weighted by Gasteiger charge is 2.06. The molecule has 2 aromatic carbocycles. The van der Waals surface area contributed by atoms with Crippen LogP contribution in [0.25, 0.3) is 0 Å². The predicted molar refractivity (Wildman–Crippen MR) is 84.6 cm³/mol. The molecular formula is C17H17FN2O3. The Balaban J connectivity index is 1.94. The van der Waals surface area contributed by atoms with Gasteiger partial charge in [-0.1, -0.05) is 24.3 Å². The van der Waals surface area contributed by atoms with Gasteiger partial charge >= 0.3 is 6.03 Å². The number of anilines is 1. The van der Waals surface area contributed by atoms with Crippen LogP contribution in [-0.4, -0.2) is 16.9 Å². The lowest BCUT2D eigenvalue weighted by Crippen LogP contribution is -2.28. The van der Waals surface area contributed by atoms with E-state index >= 15 is 0 Å². The van der Waals surface area contributed by atoms with Crippen molar-refractivity contribution >= 4 is 17.5 Å². The molecule has 6 heteroatoms. The number of rotatable bonds is 5. The lowest BCUT2D eigenvalue weighted by Gasteiger charge is -2.09. The first-order chi connectivity index (χ1) is 11.0. The van der Waals surface area contributed by atoms with E-state index in [2.05, 4.69) is 10.6 Å². The fourth-order valence-electron chi connectivity index (χ4n) is 2.00. The molecule has 0 fully saturated rings. The van der Waals surface area contributed by atoms with Crippen molar-refractivity contribution < 1.29 is 19.1 Å². The van der Waals surface area contributed by atoms with Crippen LogP contribution in [0.2, 0.25) is 0 Å². The van der Waals surface area contributed by atoms with Crippen LogP contribution >= 0.6 is 0 Å². The predicted octanol–water partition coefficient (Wildman–Crippen LogP) is 2.84. The first kappa shape index (κ1) is 16.6. The van der Waals surface area contributed by atoms with Crippen LogP contribution in [0.15, 0.2) is 42.5 Å². The smallest absolute Gasteiger partial charge is 0.319 e. The molecule has 0 aromatic heterocycles. The molecule has 3 N–H and O–H groups in total. The summed E-state index contributed by atoms with van der Waals surface area (Å²) in [6, 6.07) is 10.5. The Bertz CT molecular complexity index is 732. The van der Waals surface area contributed by atoms with Crippen molar-refractivity contribution in [2.24, 2.45) is 0 Å². The van der Waals surface area contributed by atoms with E-state index in [1.807, 2.05) is 0 Å². The molecule has 0 aliphatic carbocycles. The first-order valence-electron chi connectivity index (χ1n) is 7.03. The minimum Gasteiger partial charge on any atom is -0.392 e. The van der Waals surface area contributed by atoms with E-state index in [-0.39, 0.29) is 24.5 Å². The minimum absolute atomic E-state index is 0.0893. The van der Waals surface area contributed by atoms with Gasteiger partial charge < -0.3 is 15.7 Å². The Morgan fingerprint density at radius 2 is 1.96 bits per heavy atom.